The molecule has 1 unspecified atom stereocenters. The number of hydrogen-bond donors (Lipinski definition) is 2. The summed E-state index contributed by atoms with van der Waals surface area (Å²) in [7, 11) is 0. The summed E-state index contributed by atoms with van der Waals surface area (Å²) in [5.74, 6) is 2.82. The highest BCUT2D eigenvalue weighted by Crippen LogP contribution is 2.76. The second kappa shape index (κ2) is 6.77. The Hall–Kier alpha value is -0.0800. The van der Waals surface area contributed by atoms with E-state index >= 15 is 0 Å². The zero-order valence-corrected chi connectivity index (χ0v) is 22.4. The maximum atomic E-state index is 11.3. The van der Waals surface area contributed by atoms with Gasteiger partial charge < -0.3 is 10.2 Å². The minimum atomic E-state index is -0.141. The van der Waals surface area contributed by atoms with Crippen LogP contribution in [-0.4, -0.2) is 22.4 Å². The first-order chi connectivity index (χ1) is 14.6. The van der Waals surface area contributed by atoms with Gasteiger partial charge in [0.15, 0.2) is 0 Å². The summed E-state index contributed by atoms with van der Waals surface area (Å²) in [5, 5.41) is 22.2. The molecule has 10 atom stereocenters. The van der Waals surface area contributed by atoms with Gasteiger partial charge in [0.05, 0.1) is 12.2 Å². The van der Waals surface area contributed by atoms with E-state index in [0.29, 0.717) is 28.1 Å². The molecule has 0 aromatic heterocycles. The predicted octanol–water partition coefficient (Wildman–Crippen LogP) is 7.22. The average molecular weight is 445 g/mol. The van der Waals surface area contributed by atoms with Crippen molar-refractivity contribution < 1.29 is 10.2 Å². The molecule has 5 aliphatic rings. The van der Waals surface area contributed by atoms with E-state index < -0.39 is 0 Å². The maximum Gasteiger partial charge on any atom is 0.0601 e. The molecular formula is C30H52O2. The molecule has 0 saturated heterocycles. The van der Waals surface area contributed by atoms with Gasteiger partial charge in [-0.3, -0.25) is 0 Å². The highest BCUT2D eigenvalue weighted by molar-refractivity contribution is 5.19. The maximum absolute atomic E-state index is 11.3. The monoisotopic (exact) mass is 444 g/mol. The van der Waals surface area contributed by atoms with Gasteiger partial charge in [-0.15, -0.1) is 0 Å². The molecule has 0 radical (unpaired) electrons. The van der Waals surface area contributed by atoms with E-state index in [1.807, 2.05) is 0 Å². The first-order valence-electron chi connectivity index (χ1n) is 14.0. The Kier molecular flexibility index (Phi) is 5.01. The van der Waals surface area contributed by atoms with Crippen LogP contribution in [0.5, 0.6) is 0 Å². The minimum absolute atomic E-state index is 0.0364. The summed E-state index contributed by atoms with van der Waals surface area (Å²) in [5.41, 5.74) is 1.52. The van der Waals surface area contributed by atoms with Crippen molar-refractivity contribution >= 4 is 0 Å². The normalized spacial score (nSPS) is 58.7. The van der Waals surface area contributed by atoms with Gasteiger partial charge in [0.2, 0.25) is 0 Å². The minimum Gasteiger partial charge on any atom is -0.393 e. The summed E-state index contributed by atoms with van der Waals surface area (Å²) >= 11 is 0. The fourth-order valence-electron chi connectivity index (χ4n) is 11.5. The van der Waals surface area contributed by atoms with E-state index in [2.05, 4.69) is 55.4 Å². The van der Waals surface area contributed by atoms with Crippen LogP contribution in [0, 0.1) is 56.2 Å². The van der Waals surface area contributed by atoms with Crippen molar-refractivity contribution in [1.29, 1.82) is 0 Å². The zero-order chi connectivity index (χ0) is 23.5. The van der Waals surface area contributed by atoms with Crippen molar-refractivity contribution in [2.24, 2.45) is 56.2 Å². The fraction of sp³-hybridized carbons (Fsp3) is 1.00. The summed E-state index contributed by atoms with van der Waals surface area (Å²) in [6, 6.07) is 0. The third-order valence-electron chi connectivity index (χ3n) is 13.7. The lowest BCUT2D eigenvalue weighted by Crippen LogP contribution is -2.68. The summed E-state index contributed by atoms with van der Waals surface area (Å²) in [4.78, 5) is 0. The van der Waals surface area contributed by atoms with Gasteiger partial charge in [-0.1, -0.05) is 55.4 Å². The highest BCUT2D eigenvalue weighted by atomic mass is 16.3. The molecule has 2 heteroatoms. The van der Waals surface area contributed by atoms with Gasteiger partial charge in [0, 0.05) is 0 Å². The molecule has 5 aliphatic carbocycles. The zero-order valence-electron chi connectivity index (χ0n) is 22.4. The fourth-order valence-corrected chi connectivity index (χ4v) is 11.5. The van der Waals surface area contributed by atoms with Crippen molar-refractivity contribution in [2.45, 2.75) is 132 Å². The molecule has 0 spiro atoms. The lowest BCUT2D eigenvalue weighted by Gasteiger charge is -2.74. The van der Waals surface area contributed by atoms with E-state index in [1.54, 1.807) is 0 Å². The third-order valence-corrected chi connectivity index (χ3v) is 13.7. The van der Waals surface area contributed by atoms with Crippen LogP contribution in [-0.2, 0) is 0 Å². The Morgan fingerprint density at radius 2 is 1.22 bits per heavy atom. The van der Waals surface area contributed by atoms with Crippen LogP contribution in [0.2, 0.25) is 0 Å². The van der Waals surface area contributed by atoms with Crippen LogP contribution in [0.1, 0.15) is 120 Å². The van der Waals surface area contributed by atoms with Gasteiger partial charge in [-0.25, -0.2) is 0 Å². The molecule has 5 rings (SSSR count). The number of aliphatic hydroxyl groups excluding tert-OH is 2. The van der Waals surface area contributed by atoms with Crippen LogP contribution >= 0.6 is 0 Å². The van der Waals surface area contributed by atoms with Gasteiger partial charge in [-0.05, 0) is 120 Å². The molecule has 5 fully saturated rings. The quantitative estimate of drug-likeness (QED) is 0.414. The molecule has 0 aromatic carbocycles. The van der Waals surface area contributed by atoms with Gasteiger partial charge >= 0.3 is 0 Å². The van der Waals surface area contributed by atoms with E-state index in [4.69, 9.17) is 0 Å². The van der Waals surface area contributed by atoms with E-state index in [1.165, 1.54) is 51.4 Å². The van der Waals surface area contributed by atoms with E-state index in [9.17, 15) is 10.2 Å². The van der Waals surface area contributed by atoms with Crippen molar-refractivity contribution in [3.8, 4) is 0 Å². The number of hydrogen-bond acceptors (Lipinski definition) is 2. The van der Waals surface area contributed by atoms with Crippen LogP contribution in [0.3, 0.4) is 0 Å². The number of aliphatic hydroxyl groups is 2. The molecule has 2 N–H and O–H groups in total. The van der Waals surface area contributed by atoms with Crippen molar-refractivity contribution in [2.75, 3.05) is 0 Å². The highest BCUT2D eigenvalue weighted by Gasteiger charge is 2.70. The lowest BCUT2D eigenvalue weighted by atomic mass is 9.31. The molecule has 184 valence electrons. The first-order valence-corrected chi connectivity index (χ1v) is 14.0. The molecule has 0 aliphatic heterocycles. The third kappa shape index (κ3) is 2.78. The first kappa shape index (κ1) is 23.7. The summed E-state index contributed by atoms with van der Waals surface area (Å²) < 4.78 is 0. The van der Waals surface area contributed by atoms with Gasteiger partial charge in [0.25, 0.3) is 0 Å². The molecule has 0 bridgehead atoms. The molecule has 5 saturated carbocycles. The molecular weight excluding hydrogens is 392 g/mol. The van der Waals surface area contributed by atoms with Gasteiger partial charge in [0.1, 0.15) is 0 Å². The Labute approximate surface area is 198 Å². The largest absolute Gasteiger partial charge is 0.393 e. The molecule has 0 heterocycles. The average Bonchev–Trinajstić information content (AvgIpc) is 2.67. The Balaban J connectivity index is 1.53. The number of rotatable bonds is 0. The Bertz CT molecular complexity index is 771. The molecule has 32 heavy (non-hydrogen) atoms. The summed E-state index contributed by atoms with van der Waals surface area (Å²) in [6.45, 7) is 19.9. The van der Waals surface area contributed by atoms with Crippen LogP contribution in [0.4, 0.5) is 0 Å². The number of fused-ring (bicyclic) bond motifs is 7. The Morgan fingerprint density at radius 1 is 0.531 bits per heavy atom. The van der Waals surface area contributed by atoms with Crippen LogP contribution in [0.25, 0.3) is 0 Å². The predicted molar refractivity (Wildman–Crippen MR) is 132 cm³/mol. The van der Waals surface area contributed by atoms with Crippen LogP contribution in [0.15, 0.2) is 0 Å². The summed E-state index contributed by atoms with van der Waals surface area (Å²) in [6.07, 6.45) is 12.0. The molecule has 0 amide bonds. The van der Waals surface area contributed by atoms with E-state index in [-0.39, 0.29) is 28.5 Å². The molecule has 2 nitrogen and oxygen atoms in total. The SMILES string of the molecule is CC1(C)C[C@@H](O)[C@]2(C)CC[C@]3(C)[C@H](CC[C@@H]4[C@@]5(C)CC[C@H](O)C(C)(C)C5CC[C@]43C)[C@H]2C1. The molecule has 0 aromatic rings. The topological polar surface area (TPSA) is 40.5 Å². The second-order valence-electron chi connectivity index (χ2n) is 15.7. The lowest BCUT2D eigenvalue weighted by molar-refractivity contribution is -0.262. The smallest absolute Gasteiger partial charge is 0.0601 e. The standard InChI is InChI=1S/C30H52O2/c1-25(2)17-20-19-9-10-22-28(6)13-12-23(31)26(3,4)21(28)11-14-30(22,8)29(19,7)16-15-27(20,5)24(32)18-25/h19-24,31-32H,9-18H2,1-8H3/t19-,20-,21?,22-,23+,24-,27-,28+,29-,30-/m1/s1. The van der Waals surface area contributed by atoms with Crippen molar-refractivity contribution in [3.63, 3.8) is 0 Å². The van der Waals surface area contributed by atoms with E-state index in [0.717, 1.165) is 24.7 Å². The second-order valence-corrected chi connectivity index (χ2v) is 15.7. The van der Waals surface area contributed by atoms with Crippen LogP contribution < -0.4 is 0 Å². The Morgan fingerprint density at radius 3 is 1.91 bits per heavy atom. The van der Waals surface area contributed by atoms with Crippen molar-refractivity contribution in [1.82, 2.24) is 0 Å². The van der Waals surface area contributed by atoms with Crippen molar-refractivity contribution in [3.05, 3.63) is 0 Å². The van der Waals surface area contributed by atoms with Gasteiger partial charge in [-0.2, -0.15) is 0 Å².